The van der Waals surface area contributed by atoms with Crippen molar-refractivity contribution in [1.82, 2.24) is 14.7 Å². The summed E-state index contributed by atoms with van der Waals surface area (Å²) in [4.78, 5) is 40.5. The molecule has 0 aromatic heterocycles. The van der Waals surface area contributed by atoms with Gasteiger partial charge < -0.3 is 19.8 Å². The lowest BCUT2D eigenvalue weighted by Gasteiger charge is -2.40. The third-order valence-corrected chi connectivity index (χ3v) is 8.08. The van der Waals surface area contributed by atoms with E-state index in [2.05, 4.69) is 59.2 Å². The molecule has 10 heteroatoms. The first kappa shape index (κ1) is 27.7. The van der Waals surface area contributed by atoms with Crippen molar-refractivity contribution >= 4 is 29.8 Å². The third-order valence-electron chi connectivity index (χ3n) is 6.87. The minimum absolute atomic E-state index is 0.157. The predicted molar refractivity (Wildman–Crippen MR) is 144 cm³/mol. The van der Waals surface area contributed by atoms with Crippen LogP contribution in [-0.2, 0) is 20.7 Å². The first-order chi connectivity index (χ1) is 18.3. The fraction of sp³-hybridized carbons (Fsp3) is 0.393. The normalized spacial score (nSPS) is 19.7. The van der Waals surface area contributed by atoms with Crippen molar-refractivity contribution in [3.05, 3.63) is 71.3 Å². The molecular formula is C28H33N3O6S. The molecule has 9 nitrogen and oxygen atoms in total. The van der Waals surface area contributed by atoms with Crippen LogP contribution in [0.25, 0.3) is 0 Å². The molecule has 1 amide bonds. The van der Waals surface area contributed by atoms with Crippen LogP contribution in [0.1, 0.15) is 22.7 Å². The molecule has 3 aliphatic heterocycles. The van der Waals surface area contributed by atoms with E-state index in [1.165, 1.54) is 26.5 Å². The summed E-state index contributed by atoms with van der Waals surface area (Å²) >= 11 is 1.92. The topological polar surface area (TPSA) is 111 Å². The van der Waals surface area contributed by atoms with Gasteiger partial charge in [0.15, 0.2) is 0 Å². The number of carbonyl (C=O) groups excluding carboxylic acids is 1. The Morgan fingerprint density at radius 3 is 2.34 bits per heavy atom. The molecular weight excluding hydrogens is 506 g/mol. The number of hydrogen-bond acceptors (Lipinski definition) is 7. The number of ether oxygens (including phenoxy) is 1. The maximum absolute atomic E-state index is 11.7. The Balaban J connectivity index is 0.000000368. The molecule has 0 spiro atoms. The second-order valence-electron chi connectivity index (χ2n) is 9.46. The smallest absolute Gasteiger partial charge is 0.409 e. The van der Waals surface area contributed by atoms with Gasteiger partial charge in [-0.3, -0.25) is 9.80 Å². The number of carboxylic acid groups (broad SMARTS) is 2. The van der Waals surface area contributed by atoms with Gasteiger partial charge in [0.2, 0.25) is 0 Å². The van der Waals surface area contributed by atoms with Crippen LogP contribution in [0.3, 0.4) is 0 Å². The molecule has 38 heavy (non-hydrogen) atoms. The monoisotopic (exact) mass is 539 g/mol. The molecule has 3 heterocycles. The zero-order valence-corrected chi connectivity index (χ0v) is 22.2. The zero-order valence-electron chi connectivity index (χ0n) is 21.4. The van der Waals surface area contributed by atoms with E-state index < -0.39 is 11.9 Å². The van der Waals surface area contributed by atoms with Gasteiger partial charge in [0.25, 0.3) is 0 Å². The van der Waals surface area contributed by atoms with Gasteiger partial charge in [0.05, 0.1) is 6.54 Å². The number of amides is 1. The zero-order chi connectivity index (χ0) is 27.1. The van der Waals surface area contributed by atoms with Crippen LogP contribution in [0.4, 0.5) is 4.79 Å². The Labute approximate surface area is 226 Å². The number of carboxylic acids is 2. The van der Waals surface area contributed by atoms with Gasteiger partial charge in [-0.05, 0) is 36.6 Å². The summed E-state index contributed by atoms with van der Waals surface area (Å²) in [7, 11) is 0. The second-order valence-corrected chi connectivity index (χ2v) is 10.5. The van der Waals surface area contributed by atoms with Crippen molar-refractivity contribution in [2.24, 2.45) is 0 Å². The summed E-state index contributed by atoms with van der Waals surface area (Å²) in [5, 5.41) is 15.6. The highest BCUT2D eigenvalue weighted by Gasteiger charge is 2.30. The molecule has 5 rings (SSSR count). The van der Waals surface area contributed by atoms with Gasteiger partial charge in [-0.1, -0.05) is 47.7 Å². The lowest BCUT2D eigenvalue weighted by molar-refractivity contribution is -0.134. The highest BCUT2D eigenvalue weighted by atomic mass is 32.2. The molecule has 2 saturated heterocycles. The summed E-state index contributed by atoms with van der Waals surface area (Å²) < 4.78 is 5.04. The number of aliphatic carboxylic acids is 2. The Hall–Kier alpha value is -3.34. The first-order valence-corrected chi connectivity index (χ1v) is 13.5. The van der Waals surface area contributed by atoms with Gasteiger partial charge >= 0.3 is 18.0 Å². The van der Waals surface area contributed by atoms with E-state index in [0.29, 0.717) is 24.8 Å². The number of carbonyl (C=O) groups is 3. The molecule has 202 valence electrons. The van der Waals surface area contributed by atoms with Crippen LogP contribution < -0.4 is 0 Å². The van der Waals surface area contributed by atoms with E-state index in [4.69, 9.17) is 14.9 Å². The van der Waals surface area contributed by atoms with E-state index in [1.807, 2.05) is 16.7 Å². The Bertz CT molecular complexity index is 1180. The summed E-state index contributed by atoms with van der Waals surface area (Å²) in [5.74, 6) is -2.51. The highest BCUT2D eigenvalue weighted by molar-refractivity contribution is 7.99. The summed E-state index contributed by atoms with van der Waals surface area (Å²) in [6.45, 7) is 9.39. The van der Waals surface area contributed by atoms with Gasteiger partial charge in [-0.15, -0.1) is 0 Å². The maximum atomic E-state index is 11.7. The Kier molecular flexibility index (Phi) is 9.43. The van der Waals surface area contributed by atoms with Gasteiger partial charge in [-0.2, -0.15) is 0 Å². The Morgan fingerprint density at radius 1 is 0.974 bits per heavy atom. The van der Waals surface area contributed by atoms with Crippen LogP contribution in [-0.4, -0.2) is 95.4 Å². The number of cyclic esters (lactones) is 1. The number of nitrogens with zero attached hydrogens (tertiary/aromatic N) is 3. The van der Waals surface area contributed by atoms with Crippen molar-refractivity contribution < 1.29 is 29.3 Å². The van der Waals surface area contributed by atoms with Crippen LogP contribution in [0.2, 0.25) is 0 Å². The van der Waals surface area contributed by atoms with Gasteiger partial charge in [0.1, 0.15) is 6.61 Å². The Morgan fingerprint density at radius 2 is 1.68 bits per heavy atom. The van der Waals surface area contributed by atoms with E-state index in [1.54, 1.807) is 0 Å². The van der Waals surface area contributed by atoms with E-state index in [0.717, 1.165) is 52.2 Å². The SMILES string of the molecule is Cc1ccc2c(c1)CC(N1CCN(CCN3CCOC3=O)CC1)c1ccccc1S2.O=C(O)C=CC(=O)O. The van der Waals surface area contributed by atoms with Gasteiger partial charge in [-0.25, -0.2) is 14.4 Å². The molecule has 0 radical (unpaired) electrons. The average Bonchev–Trinajstić information content (AvgIpc) is 3.24. The molecule has 2 fully saturated rings. The molecule has 2 N–H and O–H groups in total. The van der Waals surface area contributed by atoms with Crippen LogP contribution >= 0.6 is 11.8 Å². The third kappa shape index (κ3) is 7.37. The van der Waals surface area contributed by atoms with Crippen molar-refractivity contribution in [3.8, 4) is 0 Å². The number of piperazine rings is 1. The maximum Gasteiger partial charge on any atom is 0.409 e. The molecule has 0 bridgehead atoms. The minimum atomic E-state index is -1.26. The van der Waals surface area contributed by atoms with E-state index >= 15 is 0 Å². The van der Waals surface area contributed by atoms with E-state index in [-0.39, 0.29) is 6.09 Å². The molecule has 1 unspecified atom stereocenters. The minimum Gasteiger partial charge on any atom is -0.478 e. The van der Waals surface area contributed by atoms with Crippen molar-refractivity contribution in [3.63, 3.8) is 0 Å². The quantitative estimate of drug-likeness (QED) is 0.533. The largest absolute Gasteiger partial charge is 0.478 e. The number of aryl methyl sites for hydroxylation is 1. The van der Waals surface area contributed by atoms with Crippen LogP contribution in [0.5, 0.6) is 0 Å². The van der Waals surface area contributed by atoms with E-state index in [9.17, 15) is 14.4 Å². The van der Waals surface area contributed by atoms with Crippen molar-refractivity contribution in [1.29, 1.82) is 0 Å². The van der Waals surface area contributed by atoms with Gasteiger partial charge in [0, 0.05) is 67.3 Å². The summed E-state index contributed by atoms with van der Waals surface area (Å²) in [6, 6.07) is 16.2. The number of benzene rings is 2. The standard InChI is InChI=1S/C24H29N3O2S.C4H4O4/c1-18-6-7-22-19(16-18)17-21(20-4-2-3-5-23(20)30-22)26-11-8-25(9-12-26)10-13-27-14-15-29-24(27)28;5-3(6)1-2-4(7)8/h2-7,16,21H,8-15,17H2,1H3;1-2H,(H,5,6)(H,7,8). The molecule has 1 atom stereocenters. The fourth-order valence-corrected chi connectivity index (χ4v) is 6.03. The van der Waals surface area contributed by atoms with Crippen molar-refractivity contribution in [2.45, 2.75) is 29.2 Å². The lowest BCUT2D eigenvalue weighted by atomic mass is 9.96. The van der Waals surface area contributed by atoms with Crippen LogP contribution in [0, 0.1) is 6.92 Å². The summed E-state index contributed by atoms with van der Waals surface area (Å²) in [5.41, 5.74) is 4.27. The molecule has 0 saturated carbocycles. The lowest BCUT2D eigenvalue weighted by Crippen LogP contribution is -2.49. The number of rotatable bonds is 6. The molecule has 2 aromatic rings. The summed E-state index contributed by atoms with van der Waals surface area (Å²) in [6.07, 6.45) is 2.03. The first-order valence-electron chi connectivity index (χ1n) is 12.7. The second kappa shape index (κ2) is 12.9. The molecule has 3 aliphatic rings. The highest BCUT2D eigenvalue weighted by Crippen LogP contribution is 2.43. The van der Waals surface area contributed by atoms with Crippen LogP contribution in [0.15, 0.2) is 64.4 Å². The van der Waals surface area contributed by atoms with Crippen molar-refractivity contribution in [2.75, 3.05) is 52.4 Å². The predicted octanol–water partition coefficient (Wildman–Crippen LogP) is 3.53. The number of hydrogen-bond donors (Lipinski definition) is 2. The average molecular weight is 540 g/mol. The molecule has 2 aromatic carbocycles. The fourth-order valence-electron chi connectivity index (χ4n) is 4.91. The number of fused-ring (bicyclic) bond motifs is 2. The molecule has 0 aliphatic carbocycles.